The number of hydrogen-bond donors (Lipinski definition) is 0. The zero-order chi connectivity index (χ0) is 22.0. The maximum absolute atomic E-state index is 13.2. The fourth-order valence-corrected chi connectivity index (χ4v) is 4.57. The normalized spacial score (nSPS) is 13.1. The quantitative estimate of drug-likeness (QED) is 0.261. The third kappa shape index (κ3) is 2.72. The zero-order valence-corrected chi connectivity index (χ0v) is 17.7. The Morgan fingerprint density at radius 2 is 1.19 bits per heavy atom. The minimum absolute atomic E-state index is 0.206. The molecule has 156 valence electrons. The van der Waals surface area contributed by atoms with E-state index in [4.69, 9.17) is 36.8 Å². The molecule has 0 saturated heterocycles. The molecule has 0 atom stereocenters. The number of benzene rings is 3. The number of hydrogen-bond acceptors (Lipinski definition) is 5. The van der Waals surface area contributed by atoms with Gasteiger partial charge in [0.25, 0.3) is 0 Å². The standard InChI is InChI=1S/C25H12Cl2O5/c26-15-10-9-12(11-16(15)27)19-20-22(13-5-1-3-7-17(13)30-24(20)28)32-23-14-6-2-4-8-18(14)31-25(29)21(19)23/h1-11,19H. The first kappa shape index (κ1) is 19.2. The molecule has 0 aliphatic carbocycles. The summed E-state index contributed by atoms with van der Waals surface area (Å²) in [7, 11) is 0. The van der Waals surface area contributed by atoms with Crippen molar-refractivity contribution in [1.82, 2.24) is 0 Å². The Labute approximate surface area is 190 Å². The summed E-state index contributed by atoms with van der Waals surface area (Å²) in [5.74, 6) is -0.127. The summed E-state index contributed by atoms with van der Waals surface area (Å²) < 4.78 is 17.5. The molecular formula is C25H12Cl2O5. The molecule has 3 aromatic carbocycles. The van der Waals surface area contributed by atoms with Crippen LogP contribution >= 0.6 is 23.2 Å². The van der Waals surface area contributed by atoms with Crippen molar-refractivity contribution in [3.63, 3.8) is 0 Å². The van der Waals surface area contributed by atoms with Gasteiger partial charge >= 0.3 is 11.3 Å². The summed E-state index contributed by atoms with van der Waals surface area (Å²) >= 11 is 12.4. The predicted octanol–water partition coefficient (Wildman–Crippen LogP) is 6.49. The number of halogens is 2. The molecule has 1 aliphatic rings. The highest BCUT2D eigenvalue weighted by Crippen LogP contribution is 2.49. The van der Waals surface area contributed by atoms with Crippen LogP contribution in [-0.4, -0.2) is 0 Å². The second-order valence-corrected chi connectivity index (χ2v) is 8.28. The molecule has 3 heterocycles. The lowest BCUT2D eigenvalue weighted by atomic mass is 9.83. The summed E-state index contributed by atoms with van der Waals surface area (Å²) in [6.45, 7) is 0. The van der Waals surface area contributed by atoms with Crippen LogP contribution in [0.2, 0.25) is 10.0 Å². The van der Waals surface area contributed by atoms with E-state index >= 15 is 0 Å². The zero-order valence-electron chi connectivity index (χ0n) is 16.2. The summed E-state index contributed by atoms with van der Waals surface area (Å²) in [6, 6.07) is 19.2. The van der Waals surface area contributed by atoms with Gasteiger partial charge in [-0.3, -0.25) is 0 Å². The van der Waals surface area contributed by atoms with E-state index in [1.165, 1.54) is 0 Å². The average molecular weight is 463 g/mol. The fraction of sp³-hybridized carbons (Fsp3) is 0.0400. The number of ether oxygens (including phenoxy) is 1. The predicted molar refractivity (Wildman–Crippen MR) is 122 cm³/mol. The Bertz CT molecular complexity index is 1580. The fourth-order valence-electron chi connectivity index (χ4n) is 4.26. The second-order valence-electron chi connectivity index (χ2n) is 7.47. The Morgan fingerprint density at radius 3 is 1.72 bits per heavy atom. The van der Waals surface area contributed by atoms with Gasteiger partial charge in [-0.2, -0.15) is 0 Å². The molecular weight excluding hydrogens is 451 g/mol. The largest absolute Gasteiger partial charge is 0.455 e. The van der Waals surface area contributed by atoms with Crippen LogP contribution in [0.15, 0.2) is 85.2 Å². The molecule has 0 saturated carbocycles. The van der Waals surface area contributed by atoms with Gasteiger partial charge in [-0.25, -0.2) is 9.59 Å². The Balaban J connectivity index is 1.79. The maximum Gasteiger partial charge on any atom is 0.344 e. The van der Waals surface area contributed by atoms with E-state index < -0.39 is 17.2 Å². The van der Waals surface area contributed by atoms with Crippen LogP contribution in [-0.2, 0) is 0 Å². The Morgan fingerprint density at radius 1 is 0.656 bits per heavy atom. The molecule has 2 aromatic heterocycles. The van der Waals surface area contributed by atoms with Gasteiger partial charge in [0, 0.05) is 0 Å². The van der Waals surface area contributed by atoms with Crippen molar-refractivity contribution in [2.24, 2.45) is 0 Å². The van der Waals surface area contributed by atoms with Gasteiger partial charge in [0.05, 0.1) is 37.9 Å². The van der Waals surface area contributed by atoms with Gasteiger partial charge < -0.3 is 13.6 Å². The Kier molecular flexibility index (Phi) is 4.18. The monoisotopic (exact) mass is 462 g/mol. The molecule has 5 aromatic rings. The summed E-state index contributed by atoms with van der Waals surface area (Å²) in [4.78, 5) is 26.3. The smallest absolute Gasteiger partial charge is 0.344 e. The van der Waals surface area contributed by atoms with E-state index in [0.29, 0.717) is 49.0 Å². The van der Waals surface area contributed by atoms with Crippen molar-refractivity contribution in [3.8, 4) is 11.5 Å². The highest BCUT2D eigenvalue weighted by Gasteiger charge is 2.38. The van der Waals surface area contributed by atoms with Crippen molar-refractivity contribution >= 4 is 45.1 Å². The minimum atomic E-state index is -0.815. The first-order valence-corrected chi connectivity index (χ1v) is 10.5. The summed E-state index contributed by atoms with van der Waals surface area (Å²) in [5, 5.41) is 1.90. The van der Waals surface area contributed by atoms with Crippen LogP contribution in [0.3, 0.4) is 0 Å². The Hall–Kier alpha value is -3.54. The number of rotatable bonds is 1. The molecule has 0 bridgehead atoms. The van der Waals surface area contributed by atoms with Crippen LogP contribution in [0.5, 0.6) is 11.5 Å². The molecule has 1 aliphatic heterocycles. The van der Waals surface area contributed by atoms with E-state index in [2.05, 4.69) is 0 Å². The van der Waals surface area contributed by atoms with E-state index in [0.717, 1.165) is 0 Å². The molecule has 0 fully saturated rings. The number of fused-ring (bicyclic) bond motifs is 6. The van der Waals surface area contributed by atoms with E-state index in [9.17, 15) is 9.59 Å². The summed E-state index contributed by atoms with van der Waals surface area (Å²) in [5.41, 5.74) is 0.574. The van der Waals surface area contributed by atoms with Crippen molar-refractivity contribution in [2.45, 2.75) is 5.92 Å². The highest BCUT2D eigenvalue weighted by atomic mass is 35.5. The highest BCUT2D eigenvalue weighted by molar-refractivity contribution is 6.42. The van der Waals surface area contributed by atoms with Crippen LogP contribution in [0.4, 0.5) is 0 Å². The first-order valence-electron chi connectivity index (χ1n) is 9.77. The second kappa shape index (κ2) is 6.99. The average Bonchev–Trinajstić information content (AvgIpc) is 2.80. The lowest BCUT2D eigenvalue weighted by Crippen LogP contribution is -2.26. The molecule has 0 N–H and O–H groups in total. The lowest BCUT2D eigenvalue weighted by Gasteiger charge is -2.28. The van der Waals surface area contributed by atoms with Crippen LogP contribution in [0.25, 0.3) is 21.9 Å². The lowest BCUT2D eigenvalue weighted by molar-refractivity contribution is 0.429. The van der Waals surface area contributed by atoms with Gasteiger partial charge in [-0.1, -0.05) is 53.5 Å². The van der Waals surface area contributed by atoms with E-state index in [1.54, 1.807) is 42.5 Å². The van der Waals surface area contributed by atoms with Crippen LogP contribution in [0, 0.1) is 0 Å². The number of para-hydroxylation sites is 2. The molecule has 0 unspecified atom stereocenters. The maximum atomic E-state index is 13.2. The van der Waals surface area contributed by atoms with Gasteiger partial charge in [-0.15, -0.1) is 0 Å². The van der Waals surface area contributed by atoms with Gasteiger partial charge in [0.15, 0.2) is 0 Å². The molecule has 5 nitrogen and oxygen atoms in total. The summed E-state index contributed by atoms with van der Waals surface area (Å²) in [6.07, 6.45) is 0. The molecule has 0 spiro atoms. The molecule has 0 radical (unpaired) electrons. The third-order valence-corrected chi connectivity index (χ3v) is 6.40. The van der Waals surface area contributed by atoms with Gasteiger partial charge in [-0.05, 0) is 42.0 Å². The van der Waals surface area contributed by atoms with Crippen molar-refractivity contribution in [3.05, 3.63) is 114 Å². The van der Waals surface area contributed by atoms with Gasteiger partial charge in [0.1, 0.15) is 22.7 Å². The van der Waals surface area contributed by atoms with E-state index in [-0.39, 0.29) is 11.1 Å². The molecule has 7 heteroatoms. The minimum Gasteiger partial charge on any atom is -0.455 e. The molecule has 0 amide bonds. The van der Waals surface area contributed by atoms with Crippen molar-refractivity contribution in [1.29, 1.82) is 0 Å². The topological polar surface area (TPSA) is 69.7 Å². The van der Waals surface area contributed by atoms with Crippen LogP contribution in [0.1, 0.15) is 22.6 Å². The molecule has 32 heavy (non-hydrogen) atoms. The molecule has 6 rings (SSSR count). The first-order chi connectivity index (χ1) is 15.5. The van der Waals surface area contributed by atoms with Crippen LogP contribution < -0.4 is 16.0 Å². The van der Waals surface area contributed by atoms with Crippen molar-refractivity contribution in [2.75, 3.05) is 0 Å². The third-order valence-electron chi connectivity index (χ3n) is 5.66. The van der Waals surface area contributed by atoms with E-state index in [1.807, 2.05) is 24.3 Å². The van der Waals surface area contributed by atoms with Crippen molar-refractivity contribution < 1.29 is 13.6 Å². The SMILES string of the molecule is O=c1oc2ccccc2c2c1C(c1ccc(Cl)c(Cl)c1)c1c(c3ccccc3oc1=O)O2. The van der Waals surface area contributed by atoms with Gasteiger partial charge in [0.2, 0.25) is 0 Å².